The van der Waals surface area contributed by atoms with Gasteiger partial charge >= 0.3 is 6.01 Å². The molecule has 1 aliphatic carbocycles. The zero-order valence-corrected chi connectivity index (χ0v) is 13.0. The van der Waals surface area contributed by atoms with Crippen molar-refractivity contribution >= 4 is 12.6 Å². The van der Waals surface area contributed by atoms with Crippen molar-refractivity contribution in [2.45, 2.75) is 32.1 Å². The van der Waals surface area contributed by atoms with Gasteiger partial charge in [0.1, 0.15) is 6.33 Å². The lowest BCUT2D eigenvalue weighted by molar-refractivity contribution is 0.114. The third kappa shape index (κ3) is 3.40. The molecule has 4 nitrogen and oxygen atoms in total. The van der Waals surface area contributed by atoms with Gasteiger partial charge in [-0.15, -0.1) is 5.10 Å². The van der Waals surface area contributed by atoms with Gasteiger partial charge in [0.25, 0.3) is 0 Å². The Balaban J connectivity index is 1.65. The molecule has 112 valence electrons. The van der Waals surface area contributed by atoms with Gasteiger partial charge < -0.3 is 4.74 Å². The SMILES string of the molecule is SCC1(COc2ncn(-c3ccccc3)n2)CCCCC1. The van der Waals surface area contributed by atoms with E-state index in [2.05, 4.69) is 22.7 Å². The van der Waals surface area contributed by atoms with Gasteiger partial charge in [0.15, 0.2) is 0 Å². The summed E-state index contributed by atoms with van der Waals surface area (Å²) in [4.78, 5) is 4.25. The first kappa shape index (κ1) is 14.4. The Labute approximate surface area is 130 Å². The van der Waals surface area contributed by atoms with E-state index in [9.17, 15) is 0 Å². The second-order valence-corrected chi connectivity index (χ2v) is 6.13. The van der Waals surface area contributed by atoms with Crippen molar-refractivity contribution in [3.63, 3.8) is 0 Å². The van der Waals surface area contributed by atoms with E-state index in [0.29, 0.717) is 12.6 Å². The number of hydrogen-bond acceptors (Lipinski definition) is 4. The zero-order valence-electron chi connectivity index (χ0n) is 12.1. The molecule has 2 aromatic rings. The summed E-state index contributed by atoms with van der Waals surface area (Å²) in [6.07, 6.45) is 7.95. The maximum atomic E-state index is 5.85. The monoisotopic (exact) mass is 303 g/mol. The lowest BCUT2D eigenvalue weighted by atomic mass is 9.76. The molecule has 1 fully saturated rings. The van der Waals surface area contributed by atoms with Crippen LogP contribution < -0.4 is 4.74 Å². The maximum Gasteiger partial charge on any atom is 0.335 e. The molecule has 1 heterocycles. The molecular formula is C16H21N3OS. The van der Waals surface area contributed by atoms with Crippen LogP contribution in [0.2, 0.25) is 0 Å². The number of benzene rings is 1. The predicted molar refractivity (Wildman–Crippen MR) is 86.2 cm³/mol. The van der Waals surface area contributed by atoms with E-state index in [1.807, 2.05) is 30.3 Å². The van der Waals surface area contributed by atoms with Crippen molar-refractivity contribution < 1.29 is 4.74 Å². The van der Waals surface area contributed by atoms with Gasteiger partial charge in [-0.2, -0.15) is 17.6 Å². The average molecular weight is 303 g/mol. The van der Waals surface area contributed by atoms with Crippen LogP contribution in [0.25, 0.3) is 5.69 Å². The van der Waals surface area contributed by atoms with E-state index in [0.717, 1.165) is 11.4 Å². The first-order valence-corrected chi connectivity index (χ1v) is 8.15. The summed E-state index contributed by atoms with van der Waals surface area (Å²) < 4.78 is 7.59. The summed E-state index contributed by atoms with van der Waals surface area (Å²) in [7, 11) is 0. The summed E-state index contributed by atoms with van der Waals surface area (Å²) in [5, 5.41) is 4.39. The van der Waals surface area contributed by atoms with E-state index in [4.69, 9.17) is 4.74 Å². The number of rotatable bonds is 5. The molecule has 21 heavy (non-hydrogen) atoms. The Morgan fingerprint density at radius 1 is 1.14 bits per heavy atom. The highest BCUT2D eigenvalue weighted by atomic mass is 32.1. The molecule has 5 heteroatoms. The Morgan fingerprint density at radius 2 is 1.90 bits per heavy atom. The zero-order chi connectivity index (χ0) is 14.5. The van der Waals surface area contributed by atoms with Crippen molar-refractivity contribution in [1.82, 2.24) is 14.8 Å². The molecule has 0 atom stereocenters. The molecule has 0 spiro atoms. The van der Waals surface area contributed by atoms with Crippen LogP contribution >= 0.6 is 12.6 Å². The quantitative estimate of drug-likeness (QED) is 0.859. The fourth-order valence-electron chi connectivity index (χ4n) is 2.89. The van der Waals surface area contributed by atoms with Gasteiger partial charge in [-0.1, -0.05) is 37.5 Å². The molecule has 1 aromatic carbocycles. The highest BCUT2D eigenvalue weighted by molar-refractivity contribution is 7.80. The van der Waals surface area contributed by atoms with Crippen LogP contribution in [0.1, 0.15) is 32.1 Å². The van der Waals surface area contributed by atoms with Gasteiger partial charge in [-0.3, -0.25) is 0 Å². The topological polar surface area (TPSA) is 39.9 Å². The molecule has 0 aliphatic heterocycles. The van der Waals surface area contributed by atoms with Crippen molar-refractivity contribution in [2.75, 3.05) is 12.4 Å². The highest BCUT2D eigenvalue weighted by Crippen LogP contribution is 2.37. The van der Waals surface area contributed by atoms with E-state index in [1.54, 1.807) is 11.0 Å². The molecule has 0 saturated heterocycles. The molecule has 0 unspecified atom stereocenters. The van der Waals surface area contributed by atoms with Crippen LogP contribution in [0.3, 0.4) is 0 Å². The molecule has 0 bridgehead atoms. The van der Waals surface area contributed by atoms with E-state index >= 15 is 0 Å². The van der Waals surface area contributed by atoms with E-state index in [-0.39, 0.29) is 5.41 Å². The van der Waals surface area contributed by atoms with Gasteiger partial charge in [-0.25, -0.2) is 4.68 Å². The third-order valence-corrected chi connectivity index (χ3v) is 4.92. The Kier molecular flexibility index (Phi) is 4.48. The summed E-state index contributed by atoms with van der Waals surface area (Å²) in [6.45, 7) is 0.662. The first-order chi connectivity index (χ1) is 10.3. The molecule has 0 radical (unpaired) electrons. The van der Waals surface area contributed by atoms with Crippen LogP contribution in [-0.4, -0.2) is 27.1 Å². The van der Waals surface area contributed by atoms with Crippen molar-refractivity contribution in [2.24, 2.45) is 5.41 Å². The molecular weight excluding hydrogens is 282 g/mol. The molecule has 1 aliphatic rings. The minimum atomic E-state index is 0.194. The normalized spacial score (nSPS) is 17.6. The molecule has 1 aromatic heterocycles. The van der Waals surface area contributed by atoms with Gasteiger partial charge in [-0.05, 0) is 30.7 Å². The first-order valence-electron chi connectivity index (χ1n) is 7.52. The van der Waals surface area contributed by atoms with Crippen LogP contribution in [0.15, 0.2) is 36.7 Å². The third-order valence-electron chi connectivity index (χ3n) is 4.25. The van der Waals surface area contributed by atoms with E-state index < -0.39 is 0 Å². The maximum absolute atomic E-state index is 5.85. The van der Waals surface area contributed by atoms with Gasteiger partial charge in [0.05, 0.1) is 12.3 Å². The van der Waals surface area contributed by atoms with Crippen LogP contribution in [0.5, 0.6) is 6.01 Å². The number of hydrogen-bond donors (Lipinski definition) is 1. The smallest absolute Gasteiger partial charge is 0.335 e. The standard InChI is InChI=1S/C16H21N3OS/c21-12-16(9-5-2-6-10-16)11-20-15-17-13-19(18-15)14-7-3-1-4-8-14/h1,3-4,7-8,13,21H,2,5-6,9-12H2. The molecule has 0 N–H and O–H groups in total. The number of nitrogens with zero attached hydrogens (tertiary/aromatic N) is 3. The Bertz CT molecular complexity index is 564. The van der Waals surface area contributed by atoms with Crippen LogP contribution in [-0.2, 0) is 0 Å². The summed E-state index contributed by atoms with van der Waals surface area (Å²) >= 11 is 4.53. The Hall–Kier alpha value is -1.49. The van der Waals surface area contributed by atoms with Gasteiger partial charge in [0, 0.05) is 5.41 Å². The van der Waals surface area contributed by atoms with Crippen LogP contribution in [0, 0.1) is 5.41 Å². The minimum Gasteiger partial charge on any atom is -0.462 e. The van der Waals surface area contributed by atoms with Crippen molar-refractivity contribution in [1.29, 1.82) is 0 Å². The van der Waals surface area contributed by atoms with Crippen molar-refractivity contribution in [3.8, 4) is 11.7 Å². The fraction of sp³-hybridized carbons (Fsp3) is 0.500. The largest absolute Gasteiger partial charge is 0.462 e. The molecule has 1 saturated carbocycles. The average Bonchev–Trinajstić information content (AvgIpc) is 3.04. The summed E-state index contributed by atoms with van der Waals surface area (Å²) in [5.41, 5.74) is 1.18. The minimum absolute atomic E-state index is 0.194. The number of aromatic nitrogens is 3. The second kappa shape index (κ2) is 6.52. The number of para-hydroxylation sites is 1. The second-order valence-electron chi connectivity index (χ2n) is 5.81. The summed E-state index contributed by atoms with van der Waals surface area (Å²) in [5.74, 6) is 0.867. The lowest BCUT2D eigenvalue weighted by Gasteiger charge is -2.35. The predicted octanol–water partition coefficient (Wildman–Crippen LogP) is 3.53. The fourth-order valence-corrected chi connectivity index (χ4v) is 3.29. The number of ether oxygens (including phenoxy) is 1. The van der Waals surface area contributed by atoms with Gasteiger partial charge in [0.2, 0.25) is 0 Å². The Morgan fingerprint density at radius 3 is 2.62 bits per heavy atom. The molecule has 0 amide bonds. The highest BCUT2D eigenvalue weighted by Gasteiger charge is 2.32. The van der Waals surface area contributed by atoms with Crippen LogP contribution in [0.4, 0.5) is 0 Å². The molecule has 3 rings (SSSR count). The van der Waals surface area contributed by atoms with Crippen molar-refractivity contribution in [3.05, 3.63) is 36.7 Å². The summed E-state index contributed by atoms with van der Waals surface area (Å²) in [6, 6.07) is 10.4. The lowest BCUT2D eigenvalue weighted by Crippen LogP contribution is -2.33. The number of thiol groups is 1. The van der Waals surface area contributed by atoms with E-state index in [1.165, 1.54) is 32.1 Å².